The molecule has 0 radical (unpaired) electrons. The third-order valence-corrected chi connectivity index (χ3v) is 2.49. The Balaban J connectivity index is 2.72. The molecular formula is C14H21NO2. The average molecular weight is 235 g/mol. The van der Waals surface area contributed by atoms with Crippen LogP contribution < -0.4 is 5.32 Å². The van der Waals surface area contributed by atoms with E-state index < -0.39 is 0 Å². The lowest BCUT2D eigenvalue weighted by Gasteiger charge is -2.13. The zero-order chi connectivity index (χ0) is 13.0. The quantitative estimate of drug-likeness (QED) is 0.871. The van der Waals surface area contributed by atoms with Crippen molar-refractivity contribution in [1.82, 2.24) is 0 Å². The number of hydrogen-bond acceptors (Lipinski definition) is 2. The molecule has 1 aromatic carbocycles. The molecule has 1 rings (SSSR count). The fourth-order valence-electron chi connectivity index (χ4n) is 1.80. The van der Waals surface area contributed by atoms with E-state index in [9.17, 15) is 4.79 Å². The van der Waals surface area contributed by atoms with Gasteiger partial charge in [0.15, 0.2) is 0 Å². The molecule has 0 aromatic heterocycles. The molecule has 0 unspecified atom stereocenters. The van der Waals surface area contributed by atoms with E-state index in [1.54, 1.807) is 0 Å². The Kier molecular flexibility index (Phi) is 4.70. The van der Waals surface area contributed by atoms with E-state index in [2.05, 4.69) is 17.4 Å². The van der Waals surface area contributed by atoms with Gasteiger partial charge in [-0.15, -0.1) is 0 Å². The highest BCUT2D eigenvalue weighted by Crippen LogP contribution is 2.21. The standard InChI is InChI=1S/C14H21NO2/c1-9(2)17-8-13(16)15-14-11(4)6-10(3)7-12(14)5/h6-7,9H,8H2,1-5H3,(H,15,16). The van der Waals surface area contributed by atoms with Crippen LogP contribution in [0.4, 0.5) is 5.69 Å². The Bertz CT molecular complexity index is 388. The van der Waals surface area contributed by atoms with E-state index in [-0.39, 0.29) is 18.6 Å². The van der Waals surface area contributed by atoms with Crippen LogP contribution in [0.5, 0.6) is 0 Å². The maximum atomic E-state index is 11.7. The number of benzene rings is 1. The van der Waals surface area contributed by atoms with Crippen LogP contribution >= 0.6 is 0 Å². The number of amides is 1. The predicted octanol–water partition coefficient (Wildman–Crippen LogP) is 2.98. The van der Waals surface area contributed by atoms with E-state index in [4.69, 9.17) is 4.74 Å². The fraction of sp³-hybridized carbons (Fsp3) is 0.500. The summed E-state index contributed by atoms with van der Waals surface area (Å²) in [6.45, 7) is 9.97. The summed E-state index contributed by atoms with van der Waals surface area (Å²) in [4.78, 5) is 11.7. The number of nitrogens with one attached hydrogen (secondary N) is 1. The molecular weight excluding hydrogens is 214 g/mol. The van der Waals surface area contributed by atoms with Gasteiger partial charge in [0.2, 0.25) is 5.91 Å². The molecule has 0 aliphatic rings. The highest BCUT2D eigenvalue weighted by Gasteiger charge is 2.08. The minimum Gasteiger partial charge on any atom is -0.369 e. The summed E-state index contributed by atoms with van der Waals surface area (Å²) >= 11 is 0. The van der Waals surface area contributed by atoms with Crippen LogP contribution in [0.25, 0.3) is 0 Å². The molecule has 0 spiro atoms. The Morgan fingerprint density at radius 3 is 2.24 bits per heavy atom. The number of anilines is 1. The maximum absolute atomic E-state index is 11.7. The highest BCUT2D eigenvalue weighted by atomic mass is 16.5. The Hall–Kier alpha value is -1.35. The van der Waals surface area contributed by atoms with Gasteiger partial charge in [-0.3, -0.25) is 4.79 Å². The first-order valence-corrected chi connectivity index (χ1v) is 5.89. The molecule has 0 saturated carbocycles. The molecule has 0 aliphatic heterocycles. The van der Waals surface area contributed by atoms with E-state index >= 15 is 0 Å². The lowest BCUT2D eigenvalue weighted by Crippen LogP contribution is -2.21. The van der Waals surface area contributed by atoms with Gasteiger partial charge in [0.25, 0.3) is 0 Å². The normalized spacial score (nSPS) is 10.7. The summed E-state index contributed by atoms with van der Waals surface area (Å²) < 4.78 is 5.27. The van der Waals surface area contributed by atoms with E-state index in [1.165, 1.54) is 5.56 Å². The summed E-state index contributed by atoms with van der Waals surface area (Å²) in [6.07, 6.45) is 0.0703. The highest BCUT2D eigenvalue weighted by molar-refractivity contribution is 5.93. The number of carbonyl (C=O) groups is 1. The molecule has 0 saturated heterocycles. The third-order valence-electron chi connectivity index (χ3n) is 2.49. The van der Waals surface area contributed by atoms with E-state index in [1.807, 2.05) is 34.6 Å². The molecule has 1 N–H and O–H groups in total. The average Bonchev–Trinajstić information content (AvgIpc) is 2.20. The topological polar surface area (TPSA) is 38.3 Å². The van der Waals surface area contributed by atoms with Crippen LogP contribution in [0.3, 0.4) is 0 Å². The number of hydrogen-bond donors (Lipinski definition) is 1. The molecule has 0 bridgehead atoms. The second kappa shape index (κ2) is 5.82. The van der Waals surface area contributed by atoms with Gasteiger partial charge in [-0.05, 0) is 45.7 Å². The summed E-state index contributed by atoms with van der Waals surface area (Å²) in [5.41, 5.74) is 4.27. The van der Waals surface area contributed by atoms with Crippen molar-refractivity contribution in [3.63, 3.8) is 0 Å². The van der Waals surface area contributed by atoms with Crippen molar-refractivity contribution in [2.24, 2.45) is 0 Å². The van der Waals surface area contributed by atoms with Gasteiger partial charge in [0, 0.05) is 5.69 Å². The van der Waals surface area contributed by atoms with Crippen molar-refractivity contribution >= 4 is 11.6 Å². The summed E-state index contributed by atoms with van der Waals surface area (Å²) in [5, 5.41) is 2.90. The summed E-state index contributed by atoms with van der Waals surface area (Å²) in [7, 11) is 0. The third kappa shape index (κ3) is 4.19. The van der Waals surface area contributed by atoms with Crippen molar-refractivity contribution in [2.75, 3.05) is 11.9 Å². The molecule has 0 atom stereocenters. The van der Waals surface area contributed by atoms with Crippen LogP contribution in [-0.2, 0) is 9.53 Å². The SMILES string of the molecule is Cc1cc(C)c(NC(=O)COC(C)C)c(C)c1. The van der Waals surface area contributed by atoms with Gasteiger partial charge >= 0.3 is 0 Å². The number of rotatable bonds is 4. The molecule has 3 heteroatoms. The lowest BCUT2D eigenvalue weighted by atomic mass is 10.1. The molecule has 1 amide bonds. The van der Waals surface area contributed by atoms with Gasteiger partial charge < -0.3 is 10.1 Å². The molecule has 0 heterocycles. The maximum Gasteiger partial charge on any atom is 0.250 e. The lowest BCUT2D eigenvalue weighted by molar-refractivity contribution is -0.121. The monoisotopic (exact) mass is 235 g/mol. The van der Waals surface area contributed by atoms with Crippen LogP contribution in [0.2, 0.25) is 0 Å². The van der Waals surface area contributed by atoms with Crippen LogP contribution in [0, 0.1) is 20.8 Å². The van der Waals surface area contributed by atoms with Crippen molar-refractivity contribution in [3.8, 4) is 0 Å². The van der Waals surface area contributed by atoms with Gasteiger partial charge in [-0.1, -0.05) is 17.7 Å². The number of ether oxygens (including phenoxy) is 1. The van der Waals surface area contributed by atoms with Gasteiger partial charge in [0.1, 0.15) is 6.61 Å². The first-order chi connectivity index (χ1) is 7.90. The molecule has 0 aliphatic carbocycles. The summed E-state index contributed by atoms with van der Waals surface area (Å²) in [6, 6.07) is 4.12. The van der Waals surface area contributed by atoms with Crippen molar-refractivity contribution in [1.29, 1.82) is 0 Å². The molecule has 1 aromatic rings. The number of carbonyl (C=O) groups excluding carboxylic acids is 1. The fourth-order valence-corrected chi connectivity index (χ4v) is 1.80. The minimum absolute atomic E-state index is 0.0703. The molecule has 17 heavy (non-hydrogen) atoms. The van der Waals surface area contributed by atoms with E-state index in [0.717, 1.165) is 16.8 Å². The van der Waals surface area contributed by atoms with Gasteiger partial charge in [-0.2, -0.15) is 0 Å². The zero-order valence-corrected chi connectivity index (χ0v) is 11.3. The zero-order valence-electron chi connectivity index (χ0n) is 11.3. The smallest absolute Gasteiger partial charge is 0.250 e. The Morgan fingerprint density at radius 2 is 1.76 bits per heavy atom. The van der Waals surface area contributed by atoms with Crippen molar-refractivity contribution < 1.29 is 9.53 Å². The largest absolute Gasteiger partial charge is 0.369 e. The molecule has 0 fully saturated rings. The van der Waals surface area contributed by atoms with Crippen molar-refractivity contribution in [2.45, 2.75) is 40.7 Å². The van der Waals surface area contributed by atoms with E-state index in [0.29, 0.717) is 0 Å². The first kappa shape index (κ1) is 13.7. The number of aryl methyl sites for hydroxylation is 3. The van der Waals surface area contributed by atoms with Gasteiger partial charge in [0.05, 0.1) is 6.10 Å². The van der Waals surface area contributed by atoms with Crippen LogP contribution in [-0.4, -0.2) is 18.6 Å². The van der Waals surface area contributed by atoms with Crippen LogP contribution in [0.1, 0.15) is 30.5 Å². The van der Waals surface area contributed by atoms with Gasteiger partial charge in [-0.25, -0.2) is 0 Å². The Morgan fingerprint density at radius 1 is 1.24 bits per heavy atom. The predicted molar refractivity (Wildman–Crippen MR) is 70.4 cm³/mol. The Labute approximate surface area is 103 Å². The second-order valence-corrected chi connectivity index (χ2v) is 4.68. The second-order valence-electron chi connectivity index (χ2n) is 4.68. The summed E-state index contributed by atoms with van der Waals surface area (Å²) in [5.74, 6) is -0.103. The minimum atomic E-state index is -0.103. The molecule has 94 valence electrons. The van der Waals surface area contributed by atoms with Crippen LogP contribution in [0.15, 0.2) is 12.1 Å². The van der Waals surface area contributed by atoms with Crippen molar-refractivity contribution in [3.05, 3.63) is 28.8 Å². The molecule has 3 nitrogen and oxygen atoms in total. The first-order valence-electron chi connectivity index (χ1n) is 5.89.